The number of nitrogens with zero attached hydrogens (tertiary/aromatic N) is 2. The Bertz CT molecular complexity index is 1200. The molecule has 194 valence electrons. The van der Waals surface area contributed by atoms with Crippen molar-refractivity contribution in [1.29, 1.82) is 0 Å². The minimum atomic E-state index is -0.133. The molecule has 2 amide bonds. The maximum Gasteiger partial charge on any atom is 0.254 e. The Morgan fingerprint density at radius 1 is 1.05 bits per heavy atom. The Morgan fingerprint density at radius 3 is 2.51 bits per heavy atom. The van der Waals surface area contributed by atoms with E-state index in [0.29, 0.717) is 18.7 Å². The summed E-state index contributed by atoms with van der Waals surface area (Å²) in [6.45, 7) is 9.13. The molecule has 1 atom stereocenters. The molecule has 0 saturated carbocycles. The van der Waals surface area contributed by atoms with Crippen molar-refractivity contribution >= 4 is 23.2 Å². The number of fused-ring (bicyclic) bond motifs is 1. The summed E-state index contributed by atoms with van der Waals surface area (Å²) >= 11 is 1.76. The van der Waals surface area contributed by atoms with E-state index < -0.39 is 0 Å². The van der Waals surface area contributed by atoms with Gasteiger partial charge >= 0.3 is 0 Å². The monoisotopic (exact) mass is 514 g/mol. The van der Waals surface area contributed by atoms with Crippen molar-refractivity contribution in [3.05, 3.63) is 105 Å². The molecule has 1 aliphatic rings. The van der Waals surface area contributed by atoms with Crippen LogP contribution in [0, 0.1) is 6.92 Å². The lowest BCUT2D eigenvalue weighted by Gasteiger charge is -2.37. The van der Waals surface area contributed by atoms with Crippen molar-refractivity contribution in [3.63, 3.8) is 0 Å². The summed E-state index contributed by atoms with van der Waals surface area (Å²) in [7, 11) is 0. The minimum Gasteiger partial charge on any atom is -0.330 e. The largest absolute Gasteiger partial charge is 0.330 e. The van der Waals surface area contributed by atoms with Crippen LogP contribution in [-0.2, 0) is 17.6 Å². The molecule has 0 fully saturated rings. The molecule has 4 rings (SSSR count). The van der Waals surface area contributed by atoms with E-state index in [1.54, 1.807) is 22.3 Å². The second kappa shape index (κ2) is 12.9. The highest BCUT2D eigenvalue weighted by molar-refractivity contribution is 7.10. The molecule has 1 aromatic heterocycles. The van der Waals surface area contributed by atoms with Gasteiger partial charge in [0, 0.05) is 23.5 Å². The van der Waals surface area contributed by atoms with E-state index in [9.17, 15) is 9.59 Å². The summed E-state index contributed by atoms with van der Waals surface area (Å²) in [4.78, 5) is 32.0. The number of hydrogen-bond donors (Lipinski definition) is 0. The van der Waals surface area contributed by atoms with E-state index in [2.05, 4.69) is 56.1 Å². The SMILES string of the molecule is C=CCN(CC(=O)N1CCc2sccc2[C@H]1c1ccc(C)cc1)C(=O)c1ccc(CCCCCC)cc1. The van der Waals surface area contributed by atoms with Gasteiger partial charge in [0.25, 0.3) is 5.91 Å². The lowest BCUT2D eigenvalue weighted by molar-refractivity contribution is -0.133. The zero-order chi connectivity index (χ0) is 26.2. The number of hydrogen-bond acceptors (Lipinski definition) is 3. The molecule has 0 spiro atoms. The number of aryl methyl sites for hydroxylation is 2. The van der Waals surface area contributed by atoms with E-state index >= 15 is 0 Å². The number of rotatable bonds is 11. The first kappa shape index (κ1) is 26.9. The standard InChI is InChI=1S/C32H38N2O2S/c1-4-6-7-8-9-25-12-16-27(17-13-25)32(36)33(20-5-2)23-30(35)34-21-18-29-28(19-22-37-29)31(34)26-14-10-24(3)11-15-26/h5,10-17,19,22,31H,2,4,6-9,18,20-21,23H2,1,3H3/t31-/m1/s1. The van der Waals surface area contributed by atoms with Gasteiger partial charge in [-0.05, 0) is 66.5 Å². The minimum absolute atomic E-state index is 0.0332. The maximum absolute atomic E-state index is 13.7. The van der Waals surface area contributed by atoms with Gasteiger partial charge in [-0.25, -0.2) is 0 Å². The quantitative estimate of drug-likeness (QED) is 0.205. The predicted octanol–water partition coefficient (Wildman–Crippen LogP) is 6.98. The number of thiophene rings is 1. The lowest BCUT2D eigenvalue weighted by atomic mass is 9.92. The van der Waals surface area contributed by atoms with Crippen molar-refractivity contribution in [2.24, 2.45) is 0 Å². The van der Waals surface area contributed by atoms with Crippen molar-refractivity contribution < 1.29 is 9.59 Å². The molecule has 0 N–H and O–H groups in total. The van der Waals surface area contributed by atoms with Gasteiger partial charge in [0.15, 0.2) is 0 Å². The second-order valence-electron chi connectivity index (χ2n) is 9.93. The first-order chi connectivity index (χ1) is 18.0. The molecule has 3 aromatic rings. The van der Waals surface area contributed by atoms with Crippen LogP contribution >= 0.6 is 11.3 Å². The third-order valence-electron chi connectivity index (χ3n) is 7.16. The summed E-state index contributed by atoms with van der Waals surface area (Å²) < 4.78 is 0. The first-order valence-corrected chi connectivity index (χ1v) is 14.3. The Balaban J connectivity index is 1.49. The molecule has 1 aliphatic heterocycles. The van der Waals surface area contributed by atoms with Crippen LogP contribution in [-0.4, -0.2) is 41.2 Å². The number of unbranched alkanes of at least 4 members (excludes halogenated alkanes) is 3. The molecule has 0 aliphatic carbocycles. The van der Waals surface area contributed by atoms with E-state index in [1.807, 2.05) is 29.2 Å². The van der Waals surface area contributed by atoms with Crippen LogP contribution in [0.5, 0.6) is 0 Å². The molecule has 0 radical (unpaired) electrons. The van der Waals surface area contributed by atoms with Gasteiger partial charge in [-0.1, -0.05) is 74.2 Å². The first-order valence-electron chi connectivity index (χ1n) is 13.4. The normalized spacial score (nSPS) is 14.8. The van der Waals surface area contributed by atoms with Crippen LogP contribution in [0.2, 0.25) is 0 Å². The number of amides is 2. The Labute approximate surface area is 225 Å². The summed E-state index contributed by atoms with van der Waals surface area (Å²) in [5.41, 5.74) is 5.36. The molecular formula is C32H38N2O2S. The third kappa shape index (κ3) is 6.58. The second-order valence-corrected chi connectivity index (χ2v) is 10.9. The van der Waals surface area contributed by atoms with Gasteiger partial charge in [0.2, 0.25) is 5.91 Å². The maximum atomic E-state index is 13.7. The van der Waals surface area contributed by atoms with Gasteiger partial charge in [-0.3, -0.25) is 9.59 Å². The van der Waals surface area contributed by atoms with Gasteiger partial charge in [0.05, 0.1) is 6.04 Å². The summed E-state index contributed by atoms with van der Waals surface area (Å²) in [6.07, 6.45) is 8.46. The van der Waals surface area contributed by atoms with Crippen LogP contribution in [0.3, 0.4) is 0 Å². The highest BCUT2D eigenvalue weighted by atomic mass is 32.1. The molecule has 4 nitrogen and oxygen atoms in total. The average Bonchev–Trinajstić information content (AvgIpc) is 3.40. The molecular weight excluding hydrogens is 476 g/mol. The molecule has 2 aromatic carbocycles. The fourth-order valence-corrected chi connectivity index (χ4v) is 5.98. The van der Waals surface area contributed by atoms with Gasteiger partial charge in [-0.2, -0.15) is 0 Å². The summed E-state index contributed by atoms with van der Waals surface area (Å²) in [5, 5.41) is 2.11. The third-order valence-corrected chi connectivity index (χ3v) is 8.16. The van der Waals surface area contributed by atoms with Gasteiger partial charge in [-0.15, -0.1) is 17.9 Å². The number of carbonyl (C=O) groups excluding carboxylic acids is 2. The van der Waals surface area contributed by atoms with Crippen LogP contribution < -0.4 is 0 Å². The fraction of sp³-hybridized carbons (Fsp3) is 0.375. The molecule has 37 heavy (non-hydrogen) atoms. The average molecular weight is 515 g/mol. The van der Waals surface area contributed by atoms with Gasteiger partial charge < -0.3 is 9.80 Å². The van der Waals surface area contributed by atoms with E-state index in [4.69, 9.17) is 0 Å². The topological polar surface area (TPSA) is 40.6 Å². The Kier molecular flexibility index (Phi) is 9.34. The highest BCUT2D eigenvalue weighted by Gasteiger charge is 2.34. The molecule has 0 unspecified atom stereocenters. The van der Waals surface area contributed by atoms with Crippen LogP contribution in [0.1, 0.15) is 76.1 Å². The predicted molar refractivity (Wildman–Crippen MR) is 153 cm³/mol. The molecule has 2 heterocycles. The van der Waals surface area contributed by atoms with Crippen molar-refractivity contribution in [1.82, 2.24) is 9.80 Å². The molecule has 5 heteroatoms. The highest BCUT2D eigenvalue weighted by Crippen LogP contribution is 2.38. The van der Waals surface area contributed by atoms with E-state index in [-0.39, 0.29) is 24.4 Å². The Morgan fingerprint density at radius 2 is 1.81 bits per heavy atom. The van der Waals surface area contributed by atoms with Crippen molar-refractivity contribution in [3.8, 4) is 0 Å². The zero-order valence-corrected chi connectivity index (χ0v) is 22.9. The Hall–Kier alpha value is -3.18. The van der Waals surface area contributed by atoms with E-state index in [1.165, 1.54) is 47.3 Å². The summed E-state index contributed by atoms with van der Waals surface area (Å²) in [5.74, 6) is -0.170. The smallest absolute Gasteiger partial charge is 0.254 e. The number of carbonyl (C=O) groups is 2. The number of benzene rings is 2. The van der Waals surface area contributed by atoms with E-state index in [0.717, 1.165) is 18.4 Å². The molecule has 0 bridgehead atoms. The van der Waals surface area contributed by atoms with Crippen molar-refractivity contribution in [2.45, 2.75) is 58.4 Å². The summed E-state index contributed by atoms with van der Waals surface area (Å²) in [6, 6.07) is 18.3. The van der Waals surface area contributed by atoms with Gasteiger partial charge in [0.1, 0.15) is 6.54 Å². The van der Waals surface area contributed by atoms with Crippen LogP contribution in [0.25, 0.3) is 0 Å². The fourth-order valence-electron chi connectivity index (χ4n) is 5.07. The van der Waals surface area contributed by atoms with Crippen molar-refractivity contribution in [2.75, 3.05) is 19.6 Å². The van der Waals surface area contributed by atoms with Crippen LogP contribution in [0.15, 0.2) is 72.6 Å². The zero-order valence-electron chi connectivity index (χ0n) is 22.1. The molecule has 0 saturated heterocycles. The lowest BCUT2D eigenvalue weighted by Crippen LogP contribution is -2.46. The van der Waals surface area contributed by atoms with Crippen LogP contribution in [0.4, 0.5) is 0 Å².